The molecule has 0 bridgehead atoms. The number of amides is 1. The highest BCUT2D eigenvalue weighted by atomic mass is 32.1. The number of anilines is 2. The molecule has 0 saturated carbocycles. The van der Waals surface area contributed by atoms with Gasteiger partial charge in [0.1, 0.15) is 5.00 Å². The molecular formula is C12H19N3O2S. The second-order valence-electron chi connectivity index (χ2n) is 3.90. The van der Waals surface area contributed by atoms with Gasteiger partial charge in [0.2, 0.25) is 0 Å². The van der Waals surface area contributed by atoms with E-state index in [-0.39, 0.29) is 11.7 Å². The van der Waals surface area contributed by atoms with Gasteiger partial charge in [0.15, 0.2) is 5.78 Å². The van der Waals surface area contributed by atoms with Crippen LogP contribution in [0.5, 0.6) is 0 Å². The van der Waals surface area contributed by atoms with Crippen LogP contribution in [0.25, 0.3) is 0 Å². The van der Waals surface area contributed by atoms with Crippen molar-refractivity contribution in [1.29, 1.82) is 0 Å². The van der Waals surface area contributed by atoms with E-state index in [1.54, 1.807) is 14.0 Å². The predicted molar refractivity (Wildman–Crippen MR) is 75.7 cm³/mol. The molecule has 0 radical (unpaired) electrons. The minimum absolute atomic E-state index is 0.0293. The molecule has 1 rings (SSSR count). The zero-order chi connectivity index (χ0) is 13.9. The van der Waals surface area contributed by atoms with Crippen LogP contribution in [0.1, 0.15) is 40.3 Å². The van der Waals surface area contributed by atoms with Crippen molar-refractivity contribution in [3.8, 4) is 0 Å². The smallest absolute Gasteiger partial charge is 0.256 e. The van der Waals surface area contributed by atoms with Crippen molar-refractivity contribution < 1.29 is 9.59 Å². The molecule has 0 aliphatic heterocycles. The van der Waals surface area contributed by atoms with Gasteiger partial charge in [0.25, 0.3) is 5.91 Å². The van der Waals surface area contributed by atoms with Crippen molar-refractivity contribution in [2.24, 2.45) is 0 Å². The number of carbonyl (C=O) groups is 2. The summed E-state index contributed by atoms with van der Waals surface area (Å²) >= 11 is 1.29. The zero-order valence-electron chi connectivity index (χ0n) is 11.2. The number of thiophene rings is 1. The van der Waals surface area contributed by atoms with Crippen molar-refractivity contribution in [3.63, 3.8) is 0 Å². The zero-order valence-corrected chi connectivity index (χ0v) is 12.0. The molecule has 0 spiro atoms. The van der Waals surface area contributed by atoms with Gasteiger partial charge >= 0.3 is 0 Å². The first-order chi connectivity index (χ1) is 8.47. The molecule has 1 heterocycles. The lowest BCUT2D eigenvalue weighted by atomic mass is 10.1. The number of Topliss-reactive ketones (excluding diaryl/α,β-unsaturated/α-hetero) is 1. The maximum atomic E-state index is 11.9. The van der Waals surface area contributed by atoms with E-state index >= 15 is 0 Å². The van der Waals surface area contributed by atoms with E-state index in [2.05, 4.69) is 5.32 Å². The van der Waals surface area contributed by atoms with Gasteiger partial charge in [-0.2, -0.15) is 0 Å². The van der Waals surface area contributed by atoms with E-state index < -0.39 is 0 Å². The molecule has 5 nitrogen and oxygen atoms in total. The van der Waals surface area contributed by atoms with E-state index in [9.17, 15) is 9.59 Å². The molecule has 100 valence electrons. The Kier molecular flexibility index (Phi) is 4.72. The van der Waals surface area contributed by atoms with Gasteiger partial charge in [-0.05, 0) is 6.92 Å². The molecule has 1 aromatic heterocycles. The van der Waals surface area contributed by atoms with E-state index in [0.29, 0.717) is 22.5 Å². The van der Waals surface area contributed by atoms with Crippen LogP contribution in [0.3, 0.4) is 0 Å². The minimum atomic E-state index is -0.255. The Morgan fingerprint density at radius 2 is 2.00 bits per heavy atom. The predicted octanol–water partition coefficient (Wildman–Crippen LogP) is 1.74. The number of nitrogens with zero attached hydrogens (tertiary/aromatic N) is 1. The van der Waals surface area contributed by atoms with Crippen LogP contribution in [0.2, 0.25) is 0 Å². The normalized spacial score (nSPS) is 10.2. The number of ketones is 1. The number of rotatable bonds is 5. The number of hydrogen-bond donors (Lipinski definition) is 2. The van der Waals surface area contributed by atoms with Crippen molar-refractivity contribution in [1.82, 2.24) is 5.32 Å². The maximum absolute atomic E-state index is 11.9. The fourth-order valence-electron chi connectivity index (χ4n) is 1.56. The topological polar surface area (TPSA) is 75.4 Å². The third-order valence-corrected chi connectivity index (χ3v) is 4.14. The highest BCUT2D eigenvalue weighted by Crippen LogP contribution is 2.38. The lowest BCUT2D eigenvalue weighted by Gasteiger charge is -2.16. The van der Waals surface area contributed by atoms with E-state index in [0.717, 1.165) is 11.5 Å². The molecule has 1 amide bonds. The Labute approximate surface area is 111 Å². The molecule has 6 heteroatoms. The average Bonchev–Trinajstić information content (AvgIpc) is 2.73. The maximum Gasteiger partial charge on any atom is 0.256 e. The van der Waals surface area contributed by atoms with Gasteiger partial charge in [0.05, 0.1) is 16.1 Å². The van der Waals surface area contributed by atoms with Crippen LogP contribution in [0, 0.1) is 0 Å². The lowest BCUT2D eigenvalue weighted by Crippen LogP contribution is -2.23. The average molecular weight is 269 g/mol. The Morgan fingerprint density at radius 1 is 1.39 bits per heavy atom. The van der Waals surface area contributed by atoms with Gasteiger partial charge in [0, 0.05) is 27.1 Å². The van der Waals surface area contributed by atoms with Gasteiger partial charge in [-0.25, -0.2) is 0 Å². The molecule has 0 aromatic carbocycles. The monoisotopic (exact) mass is 269 g/mol. The molecule has 3 N–H and O–H groups in total. The molecule has 18 heavy (non-hydrogen) atoms. The summed E-state index contributed by atoms with van der Waals surface area (Å²) in [5.74, 6) is -0.285. The second kappa shape index (κ2) is 5.86. The van der Waals surface area contributed by atoms with Gasteiger partial charge in [-0.15, -0.1) is 11.3 Å². The molecule has 0 unspecified atom stereocenters. The first-order valence-corrected chi connectivity index (χ1v) is 6.68. The molecule has 1 aromatic rings. The number of carbonyl (C=O) groups excluding carboxylic acids is 2. The minimum Gasteiger partial charge on any atom is -0.397 e. The summed E-state index contributed by atoms with van der Waals surface area (Å²) in [6, 6.07) is 0. The standard InChI is InChI=1S/C12H19N3O2S/c1-5-7(16)10-9(13)8(11(17)14-3)12(18-10)15(4)6-2/h5-6,13H2,1-4H3,(H,14,17). The quantitative estimate of drug-likeness (QED) is 0.798. The molecule has 0 aliphatic rings. The number of hydrogen-bond acceptors (Lipinski definition) is 5. The first-order valence-electron chi connectivity index (χ1n) is 5.86. The Bertz CT molecular complexity index is 468. The van der Waals surface area contributed by atoms with Crippen LogP contribution in [-0.4, -0.2) is 32.3 Å². The van der Waals surface area contributed by atoms with Crippen LogP contribution in [0.15, 0.2) is 0 Å². The molecule has 0 fully saturated rings. The van der Waals surface area contributed by atoms with Crippen molar-refractivity contribution in [2.45, 2.75) is 20.3 Å². The number of nitrogen functional groups attached to an aromatic ring is 1. The van der Waals surface area contributed by atoms with Gasteiger partial charge in [-0.1, -0.05) is 6.92 Å². The molecule has 0 atom stereocenters. The molecular weight excluding hydrogens is 250 g/mol. The second-order valence-corrected chi connectivity index (χ2v) is 4.89. The van der Waals surface area contributed by atoms with E-state index in [1.807, 2.05) is 18.9 Å². The molecule has 0 saturated heterocycles. The largest absolute Gasteiger partial charge is 0.397 e. The lowest BCUT2D eigenvalue weighted by molar-refractivity contribution is 0.0964. The van der Waals surface area contributed by atoms with E-state index in [1.165, 1.54) is 11.3 Å². The number of nitrogens with one attached hydrogen (secondary N) is 1. The summed E-state index contributed by atoms with van der Waals surface area (Å²) in [5.41, 5.74) is 6.65. The Balaban J connectivity index is 3.40. The fourth-order valence-corrected chi connectivity index (χ4v) is 2.81. The summed E-state index contributed by atoms with van der Waals surface area (Å²) in [5, 5.41) is 3.30. The van der Waals surface area contributed by atoms with Gasteiger partial charge in [-0.3, -0.25) is 9.59 Å². The van der Waals surface area contributed by atoms with E-state index in [4.69, 9.17) is 5.73 Å². The molecule has 0 aliphatic carbocycles. The Hall–Kier alpha value is -1.56. The van der Waals surface area contributed by atoms with Crippen molar-refractivity contribution >= 4 is 33.7 Å². The van der Waals surface area contributed by atoms with Crippen LogP contribution < -0.4 is 16.0 Å². The third-order valence-electron chi connectivity index (χ3n) is 2.78. The van der Waals surface area contributed by atoms with Crippen molar-refractivity contribution in [3.05, 3.63) is 10.4 Å². The van der Waals surface area contributed by atoms with Crippen LogP contribution in [0.4, 0.5) is 10.7 Å². The SMILES string of the molecule is CCC(=O)c1sc(N(C)CC)c(C(=O)NC)c1N. The van der Waals surface area contributed by atoms with Crippen molar-refractivity contribution in [2.75, 3.05) is 31.3 Å². The summed E-state index contributed by atoms with van der Waals surface area (Å²) < 4.78 is 0. The van der Waals surface area contributed by atoms with Crippen LogP contribution >= 0.6 is 11.3 Å². The van der Waals surface area contributed by atoms with Crippen LogP contribution in [-0.2, 0) is 0 Å². The first kappa shape index (κ1) is 14.5. The summed E-state index contributed by atoms with van der Waals surface area (Å²) in [6.45, 7) is 4.50. The summed E-state index contributed by atoms with van der Waals surface area (Å²) in [6.07, 6.45) is 0.382. The summed E-state index contributed by atoms with van der Waals surface area (Å²) in [7, 11) is 3.42. The fraction of sp³-hybridized carbons (Fsp3) is 0.500. The highest BCUT2D eigenvalue weighted by Gasteiger charge is 2.25. The van der Waals surface area contributed by atoms with Gasteiger partial charge < -0.3 is 16.0 Å². The highest BCUT2D eigenvalue weighted by molar-refractivity contribution is 7.19. The third kappa shape index (κ3) is 2.48. The Morgan fingerprint density at radius 3 is 2.44 bits per heavy atom. The summed E-state index contributed by atoms with van der Waals surface area (Å²) in [4.78, 5) is 26.1. The number of nitrogens with two attached hydrogens (primary N) is 1.